The minimum Gasteiger partial charge on any atom is -0.454 e. The van der Waals surface area contributed by atoms with Gasteiger partial charge < -0.3 is 9.32 Å². The molecule has 1 heterocycles. The van der Waals surface area contributed by atoms with Crippen molar-refractivity contribution in [3.63, 3.8) is 0 Å². The highest BCUT2D eigenvalue weighted by atomic mass is 16.3. The monoisotopic (exact) mass is 719 g/mol. The van der Waals surface area contributed by atoms with Crippen molar-refractivity contribution in [1.82, 2.24) is 0 Å². The van der Waals surface area contributed by atoms with E-state index in [1.807, 2.05) is 6.07 Å². The van der Waals surface area contributed by atoms with Gasteiger partial charge in [0.15, 0.2) is 5.58 Å². The molecule has 2 aliphatic carbocycles. The number of hydrogen-bond donors (Lipinski definition) is 0. The van der Waals surface area contributed by atoms with Gasteiger partial charge in [0.2, 0.25) is 0 Å². The van der Waals surface area contributed by atoms with Crippen LogP contribution in [0.3, 0.4) is 0 Å². The molecule has 0 bridgehead atoms. The molecule has 2 heteroatoms. The minimum absolute atomic E-state index is 0.0546. The molecule has 0 unspecified atom stereocenters. The number of rotatable bonds is 5. The lowest BCUT2D eigenvalue weighted by atomic mass is 9.81. The molecule has 2 aliphatic rings. The van der Waals surface area contributed by atoms with Crippen molar-refractivity contribution in [1.29, 1.82) is 0 Å². The number of furan rings is 1. The van der Waals surface area contributed by atoms with Crippen LogP contribution < -0.4 is 4.90 Å². The molecule has 0 saturated carbocycles. The Labute approximate surface area is 328 Å². The van der Waals surface area contributed by atoms with Crippen molar-refractivity contribution >= 4 is 39.0 Å². The quantitative estimate of drug-likeness (QED) is 0.176. The van der Waals surface area contributed by atoms with E-state index in [1.54, 1.807) is 0 Å². The molecular weight excluding hydrogens is 679 g/mol. The summed E-state index contributed by atoms with van der Waals surface area (Å²) in [5.74, 6) is 0. The Bertz CT molecular complexity index is 3030. The molecule has 0 aliphatic heterocycles. The molecule has 0 amide bonds. The Morgan fingerprint density at radius 3 is 1.77 bits per heavy atom. The highest BCUT2D eigenvalue weighted by molar-refractivity contribution is 6.11. The van der Waals surface area contributed by atoms with Crippen LogP contribution in [0.5, 0.6) is 0 Å². The third-order valence-corrected chi connectivity index (χ3v) is 12.7. The van der Waals surface area contributed by atoms with Gasteiger partial charge in [0.1, 0.15) is 5.58 Å². The maximum Gasteiger partial charge on any atom is 0.159 e. The lowest BCUT2D eigenvalue weighted by Gasteiger charge is -2.29. The van der Waals surface area contributed by atoms with E-state index in [9.17, 15) is 0 Å². The number of nitrogens with zero attached hydrogens (tertiary/aromatic N) is 1. The van der Waals surface area contributed by atoms with Gasteiger partial charge in [-0.25, -0.2) is 0 Å². The smallest absolute Gasteiger partial charge is 0.159 e. The van der Waals surface area contributed by atoms with Crippen LogP contribution in [0, 0.1) is 0 Å². The molecule has 8 aromatic carbocycles. The second-order valence-electron chi connectivity index (χ2n) is 16.5. The van der Waals surface area contributed by atoms with E-state index in [1.165, 1.54) is 66.8 Å². The predicted molar refractivity (Wildman–Crippen MR) is 234 cm³/mol. The molecule has 2 nitrogen and oxygen atoms in total. The molecule has 268 valence electrons. The van der Waals surface area contributed by atoms with Gasteiger partial charge in [-0.3, -0.25) is 0 Å². The van der Waals surface area contributed by atoms with E-state index < -0.39 is 0 Å². The van der Waals surface area contributed by atoms with Crippen LogP contribution >= 0.6 is 0 Å². The summed E-state index contributed by atoms with van der Waals surface area (Å²) in [6, 6.07) is 64.5. The molecule has 1 aromatic heterocycles. The van der Waals surface area contributed by atoms with Crippen LogP contribution in [0.1, 0.15) is 49.9 Å². The van der Waals surface area contributed by atoms with Crippen LogP contribution in [-0.4, -0.2) is 0 Å². The highest BCUT2D eigenvalue weighted by Gasteiger charge is 2.38. The topological polar surface area (TPSA) is 16.4 Å². The Morgan fingerprint density at radius 2 is 0.946 bits per heavy atom. The van der Waals surface area contributed by atoms with Gasteiger partial charge in [-0.2, -0.15) is 0 Å². The third-order valence-electron chi connectivity index (χ3n) is 12.7. The molecule has 0 radical (unpaired) electrons. The zero-order valence-electron chi connectivity index (χ0n) is 32.1. The Kier molecular flexibility index (Phi) is 6.98. The fraction of sp³-hybridized carbons (Fsp3) is 0.111. The largest absolute Gasteiger partial charge is 0.454 e. The van der Waals surface area contributed by atoms with Crippen molar-refractivity contribution in [2.45, 2.75) is 38.5 Å². The van der Waals surface area contributed by atoms with Crippen molar-refractivity contribution in [2.24, 2.45) is 0 Å². The zero-order valence-corrected chi connectivity index (χ0v) is 32.1. The van der Waals surface area contributed by atoms with Gasteiger partial charge in [0, 0.05) is 32.9 Å². The van der Waals surface area contributed by atoms with Crippen molar-refractivity contribution in [2.75, 3.05) is 4.90 Å². The predicted octanol–water partition coefficient (Wildman–Crippen LogP) is 15.0. The summed E-state index contributed by atoms with van der Waals surface area (Å²) in [6.45, 7) is 9.40. The normalized spacial score (nSPS) is 14.4. The van der Waals surface area contributed by atoms with Gasteiger partial charge in [-0.05, 0) is 97.6 Å². The number of hydrogen-bond acceptors (Lipinski definition) is 2. The van der Waals surface area contributed by atoms with Crippen molar-refractivity contribution < 1.29 is 4.42 Å². The molecule has 0 spiro atoms. The highest BCUT2D eigenvalue weighted by Crippen LogP contribution is 2.55. The van der Waals surface area contributed by atoms with Gasteiger partial charge in [0.05, 0.1) is 11.4 Å². The summed E-state index contributed by atoms with van der Waals surface area (Å²) in [4.78, 5) is 2.40. The first-order valence-corrected chi connectivity index (χ1v) is 19.7. The Balaban J connectivity index is 1.10. The molecule has 56 heavy (non-hydrogen) atoms. The minimum atomic E-state index is -0.0954. The summed E-state index contributed by atoms with van der Waals surface area (Å²) in [5.41, 5.74) is 20.4. The van der Waals surface area contributed by atoms with Crippen molar-refractivity contribution in [3.05, 3.63) is 198 Å². The van der Waals surface area contributed by atoms with Crippen LogP contribution in [0.15, 0.2) is 180 Å². The van der Waals surface area contributed by atoms with Gasteiger partial charge >= 0.3 is 0 Å². The fourth-order valence-electron chi connectivity index (χ4n) is 9.88. The molecule has 11 rings (SSSR count). The van der Waals surface area contributed by atoms with Gasteiger partial charge in [-0.15, -0.1) is 0 Å². The van der Waals surface area contributed by atoms with E-state index in [2.05, 4.69) is 202 Å². The molecule has 9 aromatic rings. The third kappa shape index (κ3) is 4.62. The molecule has 0 fully saturated rings. The first-order valence-electron chi connectivity index (χ1n) is 19.7. The fourth-order valence-corrected chi connectivity index (χ4v) is 9.88. The summed E-state index contributed by atoms with van der Waals surface area (Å²) < 4.78 is 6.74. The standard InChI is InChI=1S/C54H41NO/c1-53(2)45-22-10-6-18-43(45)51-41(19-13-23-46(51)53)39-16-7-11-24-48(39)55(49-25-14-20-42-40-17-8-12-26-50(40)56-52(42)49)36-30-27-34(28-31-36)35-29-32-38-37-15-5-9-21-44(37)54(3,4)47(38)33-35/h5-33H,1-4H3. The maximum absolute atomic E-state index is 6.74. The molecular formula is C54H41NO. The SMILES string of the molecule is CC1(C)c2ccccc2-c2ccc(-c3ccc(N(c4ccccc4-c4cccc5c4-c4ccccc4C5(C)C)c4cccc5c4oc4ccccc45)cc3)cc21. The van der Waals surface area contributed by atoms with E-state index in [-0.39, 0.29) is 10.8 Å². The van der Waals surface area contributed by atoms with Crippen molar-refractivity contribution in [3.8, 4) is 44.5 Å². The summed E-state index contributed by atoms with van der Waals surface area (Å²) in [7, 11) is 0. The molecule has 0 N–H and O–H groups in total. The second kappa shape index (κ2) is 11.9. The lowest BCUT2D eigenvalue weighted by molar-refractivity contribution is 0.660. The second-order valence-corrected chi connectivity index (χ2v) is 16.5. The number of fused-ring (bicyclic) bond motifs is 9. The van der Waals surface area contributed by atoms with E-state index in [4.69, 9.17) is 4.42 Å². The molecule has 0 atom stereocenters. The Morgan fingerprint density at radius 1 is 0.393 bits per heavy atom. The first-order chi connectivity index (χ1) is 27.3. The van der Waals surface area contributed by atoms with Crippen LogP contribution in [0.2, 0.25) is 0 Å². The number of benzene rings is 8. The van der Waals surface area contributed by atoms with Crippen LogP contribution in [0.25, 0.3) is 66.4 Å². The summed E-state index contributed by atoms with van der Waals surface area (Å²) in [5, 5.41) is 2.23. The van der Waals surface area contributed by atoms with E-state index >= 15 is 0 Å². The lowest BCUT2D eigenvalue weighted by Crippen LogP contribution is -2.15. The average molecular weight is 720 g/mol. The summed E-state index contributed by atoms with van der Waals surface area (Å²) >= 11 is 0. The Hall–Kier alpha value is -6.64. The maximum atomic E-state index is 6.74. The number of para-hydroxylation sites is 3. The summed E-state index contributed by atoms with van der Waals surface area (Å²) in [6.07, 6.45) is 0. The zero-order chi connectivity index (χ0) is 37.8. The number of anilines is 3. The average Bonchev–Trinajstić information content (AvgIpc) is 3.82. The molecule has 0 saturated heterocycles. The van der Waals surface area contributed by atoms with E-state index in [0.29, 0.717) is 0 Å². The van der Waals surface area contributed by atoms with Crippen LogP contribution in [0.4, 0.5) is 17.1 Å². The first kappa shape index (κ1) is 32.8. The van der Waals surface area contributed by atoms with E-state index in [0.717, 1.165) is 39.0 Å². The van der Waals surface area contributed by atoms with Crippen LogP contribution in [-0.2, 0) is 10.8 Å². The van der Waals surface area contributed by atoms with Gasteiger partial charge in [-0.1, -0.05) is 167 Å². The van der Waals surface area contributed by atoms with Gasteiger partial charge in [0.25, 0.3) is 0 Å².